The van der Waals surface area contributed by atoms with Gasteiger partial charge in [-0.25, -0.2) is 0 Å². The zero-order valence-electron chi connectivity index (χ0n) is 16.1. The van der Waals surface area contributed by atoms with Crippen LogP contribution in [0.25, 0.3) is 5.57 Å². The summed E-state index contributed by atoms with van der Waals surface area (Å²) in [4.78, 5) is 0. The first kappa shape index (κ1) is 20.9. The van der Waals surface area contributed by atoms with Gasteiger partial charge in [0, 0.05) is 5.56 Å². The van der Waals surface area contributed by atoms with Crippen LogP contribution in [0.2, 0.25) is 0 Å². The number of hydrogen-bond acceptors (Lipinski definition) is 4. The first-order valence-electron chi connectivity index (χ1n) is 9.07. The monoisotopic (exact) mass is 368 g/mol. The fourth-order valence-corrected chi connectivity index (χ4v) is 2.40. The number of rotatable bonds is 8. The molecule has 0 aliphatic carbocycles. The highest BCUT2D eigenvalue weighted by atomic mass is 16.5. The van der Waals surface area contributed by atoms with Crippen LogP contribution in [-0.4, -0.2) is 20.9 Å². The van der Waals surface area contributed by atoms with Crippen LogP contribution in [0.3, 0.4) is 0 Å². The van der Waals surface area contributed by atoms with Gasteiger partial charge in [-0.15, -0.1) is 0 Å². The predicted molar refractivity (Wildman–Crippen MR) is 108 cm³/mol. The second-order valence-electron chi connectivity index (χ2n) is 6.85. The molecule has 1 atom stereocenters. The summed E-state index contributed by atoms with van der Waals surface area (Å²) >= 11 is 0. The van der Waals surface area contributed by atoms with Crippen LogP contribution in [0, 0.1) is 0 Å². The summed E-state index contributed by atoms with van der Waals surface area (Å²) in [7, 11) is 0. The fourth-order valence-electron chi connectivity index (χ4n) is 2.40. The van der Waals surface area contributed by atoms with Crippen molar-refractivity contribution in [3.63, 3.8) is 0 Å². The van der Waals surface area contributed by atoms with E-state index in [2.05, 4.69) is 0 Å². The van der Waals surface area contributed by atoms with Crippen LogP contribution in [0.4, 0.5) is 0 Å². The van der Waals surface area contributed by atoms with E-state index in [1.165, 1.54) is 0 Å². The van der Waals surface area contributed by atoms with Crippen molar-refractivity contribution in [2.75, 3.05) is 0 Å². The third-order valence-electron chi connectivity index (χ3n) is 4.49. The Balaban J connectivity index is 2.02. The normalized spacial score (nSPS) is 14.6. The predicted octanol–water partition coefficient (Wildman–Crippen LogP) is 4.37. The average Bonchev–Trinajstić information content (AvgIpc) is 2.66. The van der Waals surface area contributed by atoms with E-state index in [0.29, 0.717) is 18.6 Å². The molecule has 0 fully saturated rings. The Morgan fingerprint density at radius 3 is 2.48 bits per heavy atom. The number of hydrogen-bond donors (Lipinski definition) is 3. The zero-order valence-corrected chi connectivity index (χ0v) is 16.1. The lowest BCUT2D eigenvalue weighted by Crippen LogP contribution is -2.18. The molecule has 1 unspecified atom stereocenters. The maximum Gasteiger partial charge on any atom is 0.178 e. The van der Waals surface area contributed by atoms with Gasteiger partial charge < -0.3 is 20.1 Å². The molecule has 0 saturated heterocycles. The third-order valence-corrected chi connectivity index (χ3v) is 4.49. The van der Waals surface area contributed by atoms with E-state index in [4.69, 9.17) is 14.9 Å². The summed E-state index contributed by atoms with van der Waals surface area (Å²) < 4.78 is 5.85. The quantitative estimate of drug-likeness (QED) is 0.478. The van der Waals surface area contributed by atoms with Gasteiger partial charge in [0.1, 0.15) is 12.4 Å². The van der Waals surface area contributed by atoms with Crippen molar-refractivity contribution >= 4 is 5.57 Å². The Labute approximate surface area is 161 Å². The summed E-state index contributed by atoms with van der Waals surface area (Å²) in [5.74, 6) is 0.760. The van der Waals surface area contributed by atoms with Gasteiger partial charge >= 0.3 is 0 Å². The Bertz CT molecular complexity index is 786. The standard InChI is InChI=1S/C23H28O4/c1-4-23(3,26)14-6-7-17(2)20-8-5-9-21(15-20)27-16-18-10-12-19(13-11-18)22(24)25/h5-15,22,24-26H,4,16H2,1-3H3. The van der Waals surface area contributed by atoms with Gasteiger partial charge in [-0.3, -0.25) is 0 Å². The van der Waals surface area contributed by atoms with Gasteiger partial charge in [0.05, 0.1) is 5.60 Å². The molecule has 27 heavy (non-hydrogen) atoms. The molecule has 2 rings (SSSR count). The maximum absolute atomic E-state index is 10.0. The summed E-state index contributed by atoms with van der Waals surface area (Å²) in [5, 5.41) is 28.3. The molecule has 0 spiro atoms. The molecular formula is C23H28O4. The van der Waals surface area contributed by atoms with E-state index < -0.39 is 11.9 Å². The van der Waals surface area contributed by atoms with Crippen LogP contribution in [0.5, 0.6) is 5.75 Å². The number of aliphatic hydroxyl groups is 3. The van der Waals surface area contributed by atoms with E-state index in [9.17, 15) is 5.11 Å². The number of aliphatic hydroxyl groups excluding tert-OH is 1. The Kier molecular flexibility index (Phi) is 7.36. The Morgan fingerprint density at radius 1 is 1.15 bits per heavy atom. The van der Waals surface area contributed by atoms with Crippen molar-refractivity contribution in [2.45, 2.75) is 45.7 Å². The first-order chi connectivity index (χ1) is 12.8. The van der Waals surface area contributed by atoms with E-state index >= 15 is 0 Å². The molecular weight excluding hydrogens is 340 g/mol. The topological polar surface area (TPSA) is 69.9 Å². The van der Waals surface area contributed by atoms with E-state index in [0.717, 1.165) is 22.4 Å². The van der Waals surface area contributed by atoms with Gasteiger partial charge in [0.2, 0.25) is 0 Å². The van der Waals surface area contributed by atoms with E-state index in [1.54, 1.807) is 25.1 Å². The van der Waals surface area contributed by atoms with Gasteiger partial charge in [0.25, 0.3) is 0 Å². The molecule has 0 saturated carbocycles. The lowest BCUT2D eigenvalue weighted by molar-refractivity contribution is -0.0425. The lowest BCUT2D eigenvalue weighted by Gasteiger charge is -2.15. The number of ether oxygens (including phenoxy) is 1. The SMILES string of the molecule is CCC(C)(O)C=CC=C(C)c1cccc(OCc2ccc(C(O)O)cc2)c1. The summed E-state index contributed by atoms with van der Waals surface area (Å²) in [6.07, 6.45) is 4.86. The molecule has 2 aromatic carbocycles. The number of benzene rings is 2. The maximum atomic E-state index is 10.0. The van der Waals surface area contributed by atoms with Crippen molar-refractivity contribution in [3.8, 4) is 5.75 Å². The summed E-state index contributed by atoms with van der Waals surface area (Å²) in [5.41, 5.74) is 2.74. The van der Waals surface area contributed by atoms with Crippen molar-refractivity contribution < 1.29 is 20.1 Å². The molecule has 0 bridgehead atoms. The molecule has 0 heterocycles. The molecule has 0 aromatic heterocycles. The molecule has 4 nitrogen and oxygen atoms in total. The smallest absolute Gasteiger partial charge is 0.178 e. The summed E-state index contributed by atoms with van der Waals surface area (Å²) in [6, 6.07) is 14.8. The molecule has 0 amide bonds. The van der Waals surface area contributed by atoms with Gasteiger partial charge in [0.15, 0.2) is 6.29 Å². The second kappa shape index (κ2) is 9.51. The highest BCUT2D eigenvalue weighted by Gasteiger charge is 2.11. The molecule has 0 aliphatic rings. The molecule has 0 aliphatic heterocycles. The minimum atomic E-state index is -1.46. The highest BCUT2D eigenvalue weighted by Crippen LogP contribution is 2.22. The minimum absolute atomic E-state index is 0.396. The van der Waals surface area contributed by atoms with Gasteiger partial charge in [-0.05, 0) is 49.1 Å². The van der Waals surface area contributed by atoms with E-state index in [-0.39, 0.29) is 0 Å². The van der Waals surface area contributed by atoms with Crippen LogP contribution in [0.15, 0.2) is 66.8 Å². The van der Waals surface area contributed by atoms with Gasteiger partial charge in [-0.1, -0.05) is 61.5 Å². The van der Waals surface area contributed by atoms with Crippen LogP contribution in [-0.2, 0) is 6.61 Å². The van der Waals surface area contributed by atoms with Gasteiger partial charge in [-0.2, -0.15) is 0 Å². The Morgan fingerprint density at radius 2 is 1.85 bits per heavy atom. The fraction of sp³-hybridized carbons (Fsp3) is 0.304. The highest BCUT2D eigenvalue weighted by molar-refractivity contribution is 5.66. The van der Waals surface area contributed by atoms with Crippen LogP contribution >= 0.6 is 0 Å². The molecule has 0 radical (unpaired) electrons. The first-order valence-corrected chi connectivity index (χ1v) is 9.07. The van der Waals surface area contributed by atoms with Crippen LogP contribution in [0.1, 0.15) is 50.2 Å². The second-order valence-corrected chi connectivity index (χ2v) is 6.85. The van der Waals surface area contributed by atoms with Crippen LogP contribution < -0.4 is 4.74 Å². The zero-order chi connectivity index (χ0) is 19.9. The Hall–Kier alpha value is -2.40. The van der Waals surface area contributed by atoms with Crippen molar-refractivity contribution in [3.05, 3.63) is 83.4 Å². The third kappa shape index (κ3) is 6.68. The lowest BCUT2D eigenvalue weighted by atomic mass is 10.0. The van der Waals surface area contributed by atoms with Crippen molar-refractivity contribution in [1.82, 2.24) is 0 Å². The molecule has 3 N–H and O–H groups in total. The molecule has 2 aromatic rings. The number of allylic oxidation sites excluding steroid dienone is 3. The average molecular weight is 368 g/mol. The summed E-state index contributed by atoms with van der Waals surface area (Å²) in [6.45, 7) is 6.15. The van der Waals surface area contributed by atoms with Crippen molar-refractivity contribution in [2.24, 2.45) is 0 Å². The largest absolute Gasteiger partial charge is 0.489 e. The van der Waals surface area contributed by atoms with E-state index in [1.807, 2.05) is 62.4 Å². The minimum Gasteiger partial charge on any atom is -0.489 e. The van der Waals surface area contributed by atoms with Crippen molar-refractivity contribution in [1.29, 1.82) is 0 Å². The molecule has 144 valence electrons. The molecule has 4 heteroatoms.